The van der Waals surface area contributed by atoms with Crippen molar-refractivity contribution in [3.63, 3.8) is 0 Å². The SMILES string of the molecule is CCC(CC)C1(CBr)CC=CC1. The number of alkyl halides is 1. The first-order chi connectivity index (χ1) is 5.79. The van der Waals surface area contributed by atoms with Crippen LogP contribution < -0.4 is 0 Å². The van der Waals surface area contributed by atoms with Gasteiger partial charge in [-0.25, -0.2) is 0 Å². The Labute approximate surface area is 84.6 Å². The lowest BCUT2D eigenvalue weighted by Crippen LogP contribution is -2.28. The average Bonchev–Trinajstić information content (AvgIpc) is 2.56. The second kappa shape index (κ2) is 4.45. The van der Waals surface area contributed by atoms with Gasteiger partial charge in [-0.1, -0.05) is 54.8 Å². The summed E-state index contributed by atoms with van der Waals surface area (Å²) in [4.78, 5) is 0. The molecule has 1 rings (SSSR count). The lowest BCUT2D eigenvalue weighted by molar-refractivity contribution is 0.198. The van der Waals surface area contributed by atoms with Gasteiger partial charge in [-0.2, -0.15) is 0 Å². The van der Waals surface area contributed by atoms with Crippen molar-refractivity contribution < 1.29 is 0 Å². The van der Waals surface area contributed by atoms with Crippen molar-refractivity contribution in [1.29, 1.82) is 0 Å². The van der Waals surface area contributed by atoms with Gasteiger partial charge in [0.15, 0.2) is 0 Å². The van der Waals surface area contributed by atoms with Gasteiger partial charge in [-0.3, -0.25) is 0 Å². The van der Waals surface area contributed by atoms with E-state index in [0.717, 1.165) is 5.92 Å². The number of halogens is 1. The van der Waals surface area contributed by atoms with E-state index in [1.807, 2.05) is 0 Å². The highest BCUT2D eigenvalue weighted by atomic mass is 79.9. The Kier molecular flexibility index (Phi) is 3.82. The summed E-state index contributed by atoms with van der Waals surface area (Å²) in [6.07, 6.45) is 9.90. The molecule has 0 atom stereocenters. The second-order valence-corrected chi connectivity index (χ2v) is 4.45. The molecule has 1 heteroatoms. The Hall–Kier alpha value is 0.220. The highest BCUT2D eigenvalue weighted by Crippen LogP contribution is 2.44. The third-order valence-electron chi connectivity index (χ3n) is 3.33. The van der Waals surface area contributed by atoms with Crippen LogP contribution in [-0.4, -0.2) is 5.33 Å². The minimum absolute atomic E-state index is 0.559. The van der Waals surface area contributed by atoms with Gasteiger partial charge in [0.05, 0.1) is 0 Å². The summed E-state index contributed by atoms with van der Waals surface area (Å²) in [5.41, 5.74) is 0.559. The summed E-state index contributed by atoms with van der Waals surface area (Å²) in [6.45, 7) is 4.63. The molecule has 0 heterocycles. The number of hydrogen-bond donors (Lipinski definition) is 0. The smallest absolute Gasteiger partial charge is 0.00965 e. The summed E-state index contributed by atoms with van der Waals surface area (Å²) < 4.78 is 0. The zero-order chi connectivity index (χ0) is 9.03. The van der Waals surface area contributed by atoms with E-state index in [-0.39, 0.29) is 0 Å². The predicted octanol–water partition coefficient (Wildman–Crippen LogP) is 4.15. The molecule has 0 aliphatic heterocycles. The third-order valence-corrected chi connectivity index (χ3v) is 4.45. The molecule has 70 valence electrons. The minimum atomic E-state index is 0.559. The topological polar surface area (TPSA) is 0 Å². The third kappa shape index (κ3) is 1.76. The molecule has 0 aromatic carbocycles. The van der Waals surface area contributed by atoms with Crippen molar-refractivity contribution in [2.24, 2.45) is 11.3 Å². The Morgan fingerprint density at radius 3 is 2.08 bits per heavy atom. The number of allylic oxidation sites excluding steroid dienone is 2. The van der Waals surface area contributed by atoms with Gasteiger partial charge >= 0.3 is 0 Å². The maximum Gasteiger partial charge on any atom is 0.00965 e. The van der Waals surface area contributed by atoms with Crippen LogP contribution in [0.25, 0.3) is 0 Å². The molecule has 0 amide bonds. The van der Waals surface area contributed by atoms with E-state index in [0.29, 0.717) is 5.41 Å². The molecular weight excluding hydrogens is 212 g/mol. The molecule has 0 N–H and O–H groups in total. The first-order valence-corrected chi connectivity index (χ1v) is 6.12. The van der Waals surface area contributed by atoms with Gasteiger partial charge in [0.1, 0.15) is 0 Å². The van der Waals surface area contributed by atoms with Crippen LogP contribution in [0.15, 0.2) is 12.2 Å². The van der Waals surface area contributed by atoms with Crippen LogP contribution in [0.1, 0.15) is 39.5 Å². The molecule has 1 aliphatic carbocycles. The molecule has 0 radical (unpaired) electrons. The van der Waals surface area contributed by atoms with Crippen molar-refractivity contribution in [2.45, 2.75) is 39.5 Å². The van der Waals surface area contributed by atoms with Crippen LogP contribution in [-0.2, 0) is 0 Å². The first-order valence-electron chi connectivity index (χ1n) is 5.00. The van der Waals surface area contributed by atoms with Gasteiger partial charge < -0.3 is 0 Å². The molecule has 0 fully saturated rings. The highest BCUT2D eigenvalue weighted by molar-refractivity contribution is 9.09. The Morgan fingerprint density at radius 2 is 1.75 bits per heavy atom. The molecule has 0 bridgehead atoms. The zero-order valence-corrected chi connectivity index (χ0v) is 9.73. The number of rotatable bonds is 4. The summed E-state index contributed by atoms with van der Waals surface area (Å²) in [6, 6.07) is 0. The van der Waals surface area contributed by atoms with E-state index in [2.05, 4.69) is 41.9 Å². The number of hydrogen-bond acceptors (Lipinski definition) is 0. The molecule has 0 spiro atoms. The maximum atomic E-state index is 3.68. The van der Waals surface area contributed by atoms with Gasteiger partial charge in [0, 0.05) is 5.33 Å². The lowest BCUT2D eigenvalue weighted by atomic mass is 9.72. The van der Waals surface area contributed by atoms with Crippen LogP contribution in [0.2, 0.25) is 0 Å². The van der Waals surface area contributed by atoms with Crippen LogP contribution in [0.3, 0.4) is 0 Å². The molecule has 0 aromatic rings. The van der Waals surface area contributed by atoms with Gasteiger partial charge in [0.25, 0.3) is 0 Å². The van der Waals surface area contributed by atoms with Crippen LogP contribution in [0, 0.1) is 11.3 Å². The van der Waals surface area contributed by atoms with Crippen molar-refractivity contribution in [3.05, 3.63) is 12.2 Å². The lowest BCUT2D eigenvalue weighted by Gasteiger charge is -2.35. The second-order valence-electron chi connectivity index (χ2n) is 3.89. The Morgan fingerprint density at radius 1 is 1.25 bits per heavy atom. The highest BCUT2D eigenvalue weighted by Gasteiger charge is 2.35. The van der Waals surface area contributed by atoms with E-state index in [1.54, 1.807) is 0 Å². The van der Waals surface area contributed by atoms with Gasteiger partial charge in [-0.05, 0) is 24.2 Å². The summed E-state index contributed by atoms with van der Waals surface area (Å²) >= 11 is 3.68. The fourth-order valence-electron chi connectivity index (χ4n) is 2.43. The monoisotopic (exact) mass is 230 g/mol. The van der Waals surface area contributed by atoms with Crippen LogP contribution in [0.4, 0.5) is 0 Å². The molecule has 1 aliphatic rings. The fraction of sp³-hybridized carbons (Fsp3) is 0.818. The average molecular weight is 231 g/mol. The van der Waals surface area contributed by atoms with Crippen molar-refractivity contribution in [2.75, 3.05) is 5.33 Å². The van der Waals surface area contributed by atoms with E-state index < -0.39 is 0 Å². The quantitative estimate of drug-likeness (QED) is 0.503. The molecule has 12 heavy (non-hydrogen) atoms. The van der Waals surface area contributed by atoms with E-state index in [1.165, 1.54) is 31.0 Å². The largest absolute Gasteiger partial charge is 0.0922 e. The zero-order valence-electron chi connectivity index (χ0n) is 8.15. The molecule has 0 aromatic heterocycles. The van der Waals surface area contributed by atoms with E-state index in [4.69, 9.17) is 0 Å². The predicted molar refractivity (Wildman–Crippen MR) is 58.7 cm³/mol. The van der Waals surface area contributed by atoms with Gasteiger partial charge in [0.2, 0.25) is 0 Å². The van der Waals surface area contributed by atoms with Gasteiger partial charge in [-0.15, -0.1) is 0 Å². The first kappa shape index (κ1) is 10.3. The Balaban J connectivity index is 2.65. The molecular formula is C11H19Br. The van der Waals surface area contributed by atoms with Crippen molar-refractivity contribution >= 4 is 15.9 Å². The van der Waals surface area contributed by atoms with E-state index >= 15 is 0 Å². The van der Waals surface area contributed by atoms with Crippen LogP contribution in [0.5, 0.6) is 0 Å². The van der Waals surface area contributed by atoms with E-state index in [9.17, 15) is 0 Å². The summed E-state index contributed by atoms with van der Waals surface area (Å²) in [5, 5.41) is 1.17. The summed E-state index contributed by atoms with van der Waals surface area (Å²) in [5.74, 6) is 0.895. The summed E-state index contributed by atoms with van der Waals surface area (Å²) in [7, 11) is 0. The minimum Gasteiger partial charge on any atom is -0.0922 e. The normalized spacial score (nSPS) is 20.7. The molecule has 0 saturated heterocycles. The Bertz CT molecular complexity index is 148. The molecule has 0 saturated carbocycles. The maximum absolute atomic E-state index is 3.68. The van der Waals surface area contributed by atoms with Crippen molar-refractivity contribution in [3.8, 4) is 0 Å². The standard InChI is InChI=1S/C11H19Br/c1-3-10(4-2)11(9-12)7-5-6-8-11/h5-6,10H,3-4,7-9H2,1-2H3. The van der Waals surface area contributed by atoms with Crippen molar-refractivity contribution in [1.82, 2.24) is 0 Å². The molecule has 0 unspecified atom stereocenters. The molecule has 0 nitrogen and oxygen atoms in total. The fourth-order valence-corrected chi connectivity index (χ4v) is 3.34. The van der Waals surface area contributed by atoms with Crippen LogP contribution >= 0.6 is 15.9 Å².